The van der Waals surface area contributed by atoms with Gasteiger partial charge in [-0.2, -0.15) is 13.2 Å². The standard InChI is InChI=1S/C32H29ClF4N2O6S/c1-19(30-24(33)7-3-8-25(30)34)15-20-10-12-28-27(16-20)39(46(43,44)23-6-2-5-21(17-23)32(35,36)37)18-22(45-28)11-13-29(40)38-14-4-9-26(38)31(41)42/h2-3,5-8,10,12,15-17,22,26H,4,9,11,13-14,18H2,1H3,(H,41,42)/b19-15+/t22-,26-/m0/s1. The molecule has 2 aliphatic rings. The van der Waals surface area contributed by atoms with Gasteiger partial charge in [-0.3, -0.25) is 9.10 Å². The van der Waals surface area contributed by atoms with Crippen LogP contribution in [0.1, 0.15) is 49.3 Å². The Balaban J connectivity index is 1.50. The fraction of sp³-hybridized carbons (Fsp3) is 0.312. The number of amides is 1. The number of carbonyl (C=O) groups excluding carboxylic acids is 1. The lowest BCUT2D eigenvalue weighted by Gasteiger charge is -2.36. The number of carboxylic acids is 1. The van der Waals surface area contributed by atoms with Gasteiger partial charge in [-0.15, -0.1) is 0 Å². The quantitative estimate of drug-likeness (QED) is 0.206. The van der Waals surface area contributed by atoms with Crippen LogP contribution in [0.3, 0.4) is 0 Å². The number of nitrogens with zero attached hydrogens (tertiary/aromatic N) is 2. The molecule has 8 nitrogen and oxygen atoms in total. The number of fused-ring (bicyclic) bond motifs is 1. The Kier molecular flexibility index (Phi) is 9.37. The summed E-state index contributed by atoms with van der Waals surface area (Å²) in [5, 5.41) is 9.61. The monoisotopic (exact) mass is 680 g/mol. The maximum atomic E-state index is 14.6. The smallest absolute Gasteiger partial charge is 0.416 e. The fourth-order valence-electron chi connectivity index (χ4n) is 5.70. The van der Waals surface area contributed by atoms with E-state index >= 15 is 0 Å². The molecule has 14 heteroatoms. The number of sulfonamides is 1. The van der Waals surface area contributed by atoms with Crippen LogP contribution in [0.15, 0.2) is 65.6 Å². The number of carbonyl (C=O) groups is 2. The zero-order valence-corrected chi connectivity index (χ0v) is 26.0. The Morgan fingerprint density at radius 1 is 1.11 bits per heavy atom. The van der Waals surface area contributed by atoms with Crippen LogP contribution in [0, 0.1) is 5.82 Å². The summed E-state index contributed by atoms with van der Waals surface area (Å²) in [5.41, 5.74) is -0.0844. The maximum absolute atomic E-state index is 14.6. The molecule has 1 N–H and O–H groups in total. The third-order valence-electron chi connectivity index (χ3n) is 7.94. The number of rotatable bonds is 8. The number of benzene rings is 3. The van der Waals surface area contributed by atoms with Crippen LogP contribution in [0.25, 0.3) is 11.6 Å². The van der Waals surface area contributed by atoms with Crippen LogP contribution in [0.4, 0.5) is 23.2 Å². The minimum Gasteiger partial charge on any atom is -0.486 e. The highest BCUT2D eigenvalue weighted by Gasteiger charge is 2.38. The number of likely N-dealkylation sites (tertiary alicyclic amines) is 1. The molecule has 3 aromatic rings. The summed E-state index contributed by atoms with van der Waals surface area (Å²) in [6, 6.07) is 11.2. The van der Waals surface area contributed by atoms with Crippen molar-refractivity contribution in [3.05, 3.63) is 88.2 Å². The maximum Gasteiger partial charge on any atom is 0.416 e. The summed E-state index contributed by atoms with van der Waals surface area (Å²) in [6.07, 6.45) is -3.34. The van der Waals surface area contributed by atoms with Crippen molar-refractivity contribution in [1.29, 1.82) is 0 Å². The van der Waals surface area contributed by atoms with Crippen molar-refractivity contribution in [3.63, 3.8) is 0 Å². The summed E-state index contributed by atoms with van der Waals surface area (Å²) in [6.45, 7) is 1.57. The third-order valence-corrected chi connectivity index (χ3v) is 10.0. The minimum absolute atomic E-state index is 0.0161. The molecule has 0 bridgehead atoms. The Labute approximate surface area is 267 Å². The van der Waals surface area contributed by atoms with Crippen molar-refractivity contribution in [3.8, 4) is 5.75 Å². The number of alkyl halides is 3. The summed E-state index contributed by atoms with van der Waals surface area (Å²) in [7, 11) is -4.60. The van der Waals surface area contributed by atoms with E-state index in [1.165, 1.54) is 35.2 Å². The molecule has 46 heavy (non-hydrogen) atoms. The molecule has 0 aliphatic carbocycles. The van der Waals surface area contributed by atoms with E-state index in [0.29, 0.717) is 30.0 Å². The van der Waals surface area contributed by atoms with Crippen molar-refractivity contribution in [1.82, 2.24) is 4.90 Å². The molecule has 0 unspecified atom stereocenters. The van der Waals surface area contributed by atoms with Gasteiger partial charge in [0.05, 0.1) is 27.7 Å². The summed E-state index contributed by atoms with van der Waals surface area (Å²) < 4.78 is 90.0. The van der Waals surface area contributed by atoms with Crippen LogP contribution in [-0.4, -0.2) is 55.5 Å². The van der Waals surface area contributed by atoms with E-state index in [9.17, 15) is 40.7 Å². The zero-order valence-electron chi connectivity index (χ0n) is 24.4. The van der Waals surface area contributed by atoms with Gasteiger partial charge in [-0.25, -0.2) is 17.6 Å². The lowest BCUT2D eigenvalue weighted by Crippen LogP contribution is -2.45. The number of halogens is 5. The van der Waals surface area contributed by atoms with Crippen LogP contribution in [0.5, 0.6) is 5.75 Å². The lowest BCUT2D eigenvalue weighted by atomic mass is 10.0. The molecule has 244 valence electrons. The Morgan fingerprint density at radius 3 is 2.54 bits per heavy atom. The molecular formula is C32H29ClF4N2O6S. The molecule has 1 amide bonds. The van der Waals surface area contributed by atoms with Gasteiger partial charge in [-0.1, -0.05) is 35.9 Å². The topological polar surface area (TPSA) is 104 Å². The van der Waals surface area contributed by atoms with Gasteiger partial charge in [0.2, 0.25) is 5.91 Å². The second-order valence-electron chi connectivity index (χ2n) is 11.1. The lowest BCUT2D eigenvalue weighted by molar-refractivity contribution is -0.148. The average molecular weight is 681 g/mol. The summed E-state index contributed by atoms with van der Waals surface area (Å²) in [5.74, 6) is -1.99. The largest absolute Gasteiger partial charge is 0.486 e. The van der Waals surface area contributed by atoms with E-state index in [4.69, 9.17) is 16.3 Å². The second-order valence-corrected chi connectivity index (χ2v) is 13.3. The van der Waals surface area contributed by atoms with Crippen molar-refractivity contribution in [2.24, 2.45) is 0 Å². The predicted molar refractivity (Wildman–Crippen MR) is 163 cm³/mol. The number of hydrogen-bond donors (Lipinski definition) is 1. The molecule has 0 radical (unpaired) electrons. The number of anilines is 1. The first-order valence-corrected chi connectivity index (χ1v) is 16.1. The highest BCUT2D eigenvalue weighted by molar-refractivity contribution is 7.92. The van der Waals surface area contributed by atoms with Gasteiger partial charge < -0.3 is 14.7 Å². The first-order valence-electron chi connectivity index (χ1n) is 14.3. The van der Waals surface area contributed by atoms with Crippen molar-refractivity contribution in [2.75, 3.05) is 17.4 Å². The molecule has 0 aromatic heterocycles. The van der Waals surface area contributed by atoms with Gasteiger partial charge in [0.15, 0.2) is 0 Å². The number of ether oxygens (including phenoxy) is 1. The van der Waals surface area contributed by atoms with Crippen molar-refractivity contribution in [2.45, 2.75) is 55.8 Å². The van der Waals surface area contributed by atoms with E-state index in [0.717, 1.165) is 22.5 Å². The molecule has 1 saturated heterocycles. The number of hydrogen-bond acceptors (Lipinski definition) is 5. The molecule has 0 saturated carbocycles. The van der Waals surface area contributed by atoms with Crippen LogP contribution < -0.4 is 9.04 Å². The van der Waals surface area contributed by atoms with Gasteiger partial charge in [0.25, 0.3) is 10.0 Å². The molecule has 2 aliphatic heterocycles. The van der Waals surface area contributed by atoms with Crippen LogP contribution >= 0.6 is 11.6 Å². The Morgan fingerprint density at radius 2 is 1.85 bits per heavy atom. The van der Waals surface area contributed by atoms with Gasteiger partial charge in [0.1, 0.15) is 23.7 Å². The molecule has 1 fully saturated rings. The number of aliphatic carboxylic acids is 1. The molecule has 0 spiro atoms. The SMILES string of the molecule is C/C(=C\c1ccc2c(c1)N(S(=O)(=O)c1cccc(C(F)(F)F)c1)C[C@H](CCC(=O)N1CCC[C@H]1C(=O)O)O2)c1c(F)cccc1Cl. The fourth-order valence-corrected chi connectivity index (χ4v) is 7.56. The van der Waals surface area contributed by atoms with E-state index in [-0.39, 0.29) is 48.0 Å². The van der Waals surface area contributed by atoms with Gasteiger partial charge in [0, 0.05) is 18.5 Å². The Hall–Kier alpha value is -4.10. The average Bonchev–Trinajstić information content (AvgIpc) is 3.50. The van der Waals surface area contributed by atoms with Crippen molar-refractivity contribution >= 4 is 50.8 Å². The van der Waals surface area contributed by atoms with E-state index in [1.54, 1.807) is 19.1 Å². The molecule has 2 heterocycles. The van der Waals surface area contributed by atoms with Crippen LogP contribution in [-0.2, 0) is 25.8 Å². The van der Waals surface area contributed by atoms with E-state index < -0.39 is 56.5 Å². The first kappa shape index (κ1) is 33.3. The van der Waals surface area contributed by atoms with Gasteiger partial charge in [-0.05, 0) is 79.8 Å². The number of allylic oxidation sites excluding steroid dienone is 1. The minimum atomic E-state index is -4.79. The van der Waals surface area contributed by atoms with Crippen LogP contribution in [0.2, 0.25) is 5.02 Å². The summed E-state index contributed by atoms with van der Waals surface area (Å²) >= 11 is 6.21. The molecule has 2 atom stereocenters. The third kappa shape index (κ3) is 6.85. The predicted octanol–water partition coefficient (Wildman–Crippen LogP) is 6.87. The highest BCUT2D eigenvalue weighted by atomic mass is 35.5. The van der Waals surface area contributed by atoms with E-state index in [1.807, 2.05) is 0 Å². The molecular weight excluding hydrogens is 652 g/mol. The summed E-state index contributed by atoms with van der Waals surface area (Å²) in [4.78, 5) is 25.1. The molecule has 5 rings (SSSR count). The van der Waals surface area contributed by atoms with Gasteiger partial charge >= 0.3 is 12.1 Å². The van der Waals surface area contributed by atoms with E-state index in [2.05, 4.69) is 0 Å². The highest BCUT2D eigenvalue weighted by Crippen LogP contribution is 2.40. The Bertz CT molecular complexity index is 1790. The number of carboxylic acid groups (broad SMARTS) is 1. The van der Waals surface area contributed by atoms with Crippen molar-refractivity contribution < 1.29 is 45.4 Å². The zero-order chi connectivity index (χ0) is 33.4. The second kappa shape index (κ2) is 13.0. The molecule has 3 aromatic carbocycles. The first-order chi connectivity index (χ1) is 21.7. The normalized spacial score (nSPS) is 18.7.